The van der Waals surface area contributed by atoms with E-state index in [1.165, 1.54) is 23.9 Å². The Bertz CT molecular complexity index is 557. The maximum Gasteiger partial charge on any atom is 0.416 e. The Balaban J connectivity index is 2.03. The molecule has 0 amide bonds. The van der Waals surface area contributed by atoms with Gasteiger partial charge < -0.3 is 9.15 Å². The van der Waals surface area contributed by atoms with Crippen molar-refractivity contribution in [3.05, 3.63) is 35.7 Å². The van der Waals surface area contributed by atoms with Crippen LogP contribution in [0.2, 0.25) is 0 Å². The summed E-state index contributed by atoms with van der Waals surface area (Å²) in [5.41, 5.74) is -0.764. The molecule has 19 heavy (non-hydrogen) atoms. The topological polar surface area (TPSA) is 48.2 Å². The summed E-state index contributed by atoms with van der Waals surface area (Å²) in [4.78, 5) is 0. The van der Waals surface area contributed by atoms with Crippen molar-refractivity contribution in [2.45, 2.75) is 18.0 Å². The molecule has 102 valence electrons. The van der Waals surface area contributed by atoms with Crippen molar-refractivity contribution >= 4 is 11.8 Å². The summed E-state index contributed by atoms with van der Waals surface area (Å²) in [6.45, 7) is -0.0745. The van der Waals surface area contributed by atoms with Gasteiger partial charge in [0.1, 0.15) is 5.75 Å². The zero-order chi connectivity index (χ0) is 13.9. The van der Waals surface area contributed by atoms with Gasteiger partial charge in [0.2, 0.25) is 0 Å². The maximum absolute atomic E-state index is 12.5. The van der Waals surface area contributed by atoms with E-state index in [1.54, 1.807) is 6.26 Å². The predicted molar refractivity (Wildman–Crippen MR) is 61.9 cm³/mol. The van der Waals surface area contributed by atoms with Crippen LogP contribution in [0.5, 0.6) is 5.75 Å². The lowest BCUT2D eigenvalue weighted by atomic mass is 10.2. The summed E-state index contributed by atoms with van der Waals surface area (Å²) in [6, 6.07) is 4.61. The summed E-state index contributed by atoms with van der Waals surface area (Å²) >= 11 is 1.27. The first-order valence-electron chi connectivity index (χ1n) is 5.15. The molecule has 2 aromatic rings. The Kier molecular flexibility index (Phi) is 3.98. The molecule has 1 heterocycles. The van der Waals surface area contributed by atoms with Crippen molar-refractivity contribution in [2.75, 3.05) is 6.26 Å². The Hall–Kier alpha value is -1.70. The van der Waals surface area contributed by atoms with Crippen LogP contribution in [0, 0.1) is 0 Å². The SMILES string of the molecule is CSc1nnc(COc2cccc(C(F)(F)F)c2)o1. The summed E-state index contributed by atoms with van der Waals surface area (Å²) in [5.74, 6) is 0.306. The van der Waals surface area contributed by atoms with E-state index in [9.17, 15) is 13.2 Å². The van der Waals surface area contributed by atoms with Crippen LogP contribution >= 0.6 is 11.8 Å². The number of thioether (sulfide) groups is 1. The van der Waals surface area contributed by atoms with Crippen LogP contribution in [0.3, 0.4) is 0 Å². The van der Waals surface area contributed by atoms with E-state index < -0.39 is 11.7 Å². The number of hydrogen-bond acceptors (Lipinski definition) is 5. The number of ether oxygens (including phenoxy) is 1. The Morgan fingerprint density at radius 2 is 2.11 bits per heavy atom. The molecule has 0 bridgehead atoms. The molecule has 0 radical (unpaired) electrons. The third-order valence-electron chi connectivity index (χ3n) is 2.15. The molecule has 0 aliphatic rings. The minimum atomic E-state index is -4.39. The first kappa shape index (κ1) is 13.7. The van der Waals surface area contributed by atoms with Gasteiger partial charge in [-0.15, -0.1) is 10.2 Å². The maximum atomic E-state index is 12.5. The molecular weight excluding hydrogens is 281 g/mol. The first-order chi connectivity index (χ1) is 8.99. The number of rotatable bonds is 4. The number of alkyl halides is 3. The lowest BCUT2D eigenvalue weighted by molar-refractivity contribution is -0.137. The number of hydrogen-bond donors (Lipinski definition) is 0. The molecule has 0 spiro atoms. The molecule has 0 atom stereocenters. The third-order valence-corrected chi connectivity index (χ3v) is 2.66. The fourth-order valence-electron chi connectivity index (χ4n) is 1.29. The summed E-state index contributed by atoms with van der Waals surface area (Å²) < 4.78 is 47.8. The molecule has 1 aromatic heterocycles. The standard InChI is InChI=1S/C11H9F3N2O2S/c1-19-10-16-15-9(18-10)6-17-8-4-2-3-7(5-8)11(12,13)14/h2-5H,6H2,1H3. The van der Waals surface area contributed by atoms with Crippen molar-refractivity contribution in [1.82, 2.24) is 10.2 Å². The van der Waals surface area contributed by atoms with Gasteiger partial charge in [0.15, 0.2) is 6.61 Å². The van der Waals surface area contributed by atoms with Crippen LogP contribution in [0.1, 0.15) is 11.5 Å². The van der Waals surface area contributed by atoms with Gasteiger partial charge in [-0.2, -0.15) is 13.2 Å². The normalized spacial score (nSPS) is 11.6. The highest BCUT2D eigenvalue weighted by atomic mass is 32.2. The van der Waals surface area contributed by atoms with Crippen LogP contribution in [0.4, 0.5) is 13.2 Å². The Morgan fingerprint density at radius 1 is 1.32 bits per heavy atom. The van der Waals surface area contributed by atoms with E-state index in [4.69, 9.17) is 9.15 Å². The largest absolute Gasteiger partial charge is 0.484 e. The molecule has 1 aromatic carbocycles. The molecule has 0 fully saturated rings. The van der Waals surface area contributed by atoms with E-state index >= 15 is 0 Å². The third kappa shape index (κ3) is 3.63. The minimum Gasteiger partial charge on any atom is -0.484 e. The zero-order valence-electron chi connectivity index (χ0n) is 9.77. The molecule has 0 N–H and O–H groups in total. The Morgan fingerprint density at radius 3 is 2.74 bits per heavy atom. The summed E-state index contributed by atoms with van der Waals surface area (Å²) in [5, 5.41) is 7.76. The van der Waals surface area contributed by atoms with E-state index in [2.05, 4.69) is 10.2 Å². The average Bonchev–Trinajstić information content (AvgIpc) is 2.84. The van der Waals surface area contributed by atoms with Crippen molar-refractivity contribution in [3.63, 3.8) is 0 Å². The van der Waals surface area contributed by atoms with Gasteiger partial charge >= 0.3 is 6.18 Å². The molecule has 0 aliphatic heterocycles. The second-order valence-electron chi connectivity index (χ2n) is 3.48. The van der Waals surface area contributed by atoms with E-state index in [0.29, 0.717) is 5.22 Å². The van der Waals surface area contributed by atoms with Crippen LogP contribution in [0.15, 0.2) is 33.9 Å². The van der Waals surface area contributed by atoms with Gasteiger partial charge in [0.25, 0.3) is 11.1 Å². The monoisotopic (exact) mass is 290 g/mol. The van der Waals surface area contributed by atoms with Crippen molar-refractivity contribution in [2.24, 2.45) is 0 Å². The molecule has 0 saturated carbocycles. The van der Waals surface area contributed by atoms with Crippen LogP contribution < -0.4 is 4.74 Å². The number of nitrogens with zero attached hydrogens (tertiary/aromatic N) is 2. The minimum absolute atomic E-state index is 0.0745. The van der Waals surface area contributed by atoms with Crippen LogP contribution in [0.25, 0.3) is 0 Å². The molecular formula is C11H9F3N2O2S. The summed E-state index contributed by atoms with van der Waals surface area (Å²) in [6.07, 6.45) is -2.62. The van der Waals surface area contributed by atoms with Crippen molar-refractivity contribution in [1.29, 1.82) is 0 Å². The second-order valence-corrected chi connectivity index (χ2v) is 4.24. The van der Waals surface area contributed by atoms with Gasteiger partial charge in [0.05, 0.1) is 5.56 Å². The van der Waals surface area contributed by atoms with Crippen LogP contribution in [-0.4, -0.2) is 16.5 Å². The smallest absolute Gasteiger partial charge is 0.416 e. The Labute approximate surface area is 111 Å². The van der Waals surface area contributed by atoms with Gasteiger partial charge in [-0.1, -0.05) is 17.8 Å². The van der Waals surface area contributed by atoms with Crippen molar-refractivity contribution < 1.29 is 22.3 Å². The fourth-order valence-corrected chi connectivity index (χ4v) is 1.59. The second kappa shape index (κ2) is 5.52. The molecule has 2 rings (SSSR count). The predicted octanol–water partition coefficient (Wildman–Crippen LogP) is 3.39. The molecule has 0 saturated heterocycles. The van der Waals surface area contributed by atoms with Gasteiger partial charge in [-0.25, -0.2) is 0 Å². The molecule has 4 nitrogen and oxygen atoms in total. The van der Waals surface area contributed by atoms with E-state index in [1.807, 2.05) is 0 Å². The van der Waals surface area contributed by atoms with Crippen LogP contribution in [-0.2, 0) is 12.8 Å². The zero-order valence-corrected chi connectivity index (χ0v) is 10.6. The first-order valence-corrected chi connectivity index (χ1v) is 6.38. The summed E-state index contributed by atoms with van der Waals surface area (Å²) in [7, 11) is 0. The quantitative estimate of drug-likeness (QED) is 0.808. The lowest BCUT2D eigenvalue weighted by Gasteiger charge is -2.08. The van der Waals surface area contributed by atoms with E-state index in [-0.39, 0.29) is 18.2 Å². The van der Waals surface area contributed by atoms with E-state index in [0.717, 1.165) is 12.1 Å². The highest BCUT2D eigenvalue weighted by Crippen LogP contribution is 2.31. The van der Waals surface area contributed by atoms with Gasteiger partial charge in [0, 0.05) is 0 Å². The molecule has 8 heteroatoms. The van der Waals surface area contributed by atoms with Gasteiger partial charge in [-0.05, 0) is 24.5 Å². The number of halogens is 3. The molecule has 0 aliphatic carbocycles. The fraction of sp³-hybridized carbons (Fsp3) is 0.273. The lowest BCUT2D eigenvalue weighted by Crippen LogP contribution is -2.05. The molecule has 0 unspecified atom stereocenters. The van der Waals surface area contributed by atoms with Crippen molar-refractivity contribution in [3.8, 4) is 5.75 Å². The van der Waals surface area contributed by atoms with Gasteiger partial charge in [-0.3, -0.25) is 0 Å². The highest BCUT2D eigenvalue weighted by molar-refractivity contribution is 7.98. The number of benzene rings is 1. The number of aromatic nitrogens is 2. The highest BCUT2D eigenvalue weighted by Gasteiger charge is 2.30. The average molecular weight is 290 g/mol.